The van der Waals surface area contributed by atoms with Crippen LogP contribution in [0.5, 0.6) is 5.75 Å². The Balaban J connectivity index is 2.35. The molecule has 0 atom stereocenters. The van der Waals surface area contributed by atoms with Crippen molar-refractivity contribution in [3.63, 3.8) is 0 Å². The summed E-state index contributed by atoms with van der Waals surface area (Å²) in [5.41, 5.74) is 6.22. The fraction of sp³-hybridized carbons (Fsp3) is 0.0769. The Morgan fingerprint density at radius 2 is 1.90 bits per heavy atom. The van der Waals surface area contributed by atoms with E-state index in [1.807, 2.05) is 0 Å². The van der Waals surface area contributed by atoms with Crippen LogP contribution in [-0.2, 0) is 10.0 Å². The van der Waals surface area contributed by atoms with Crippen molar-refractivity contribution in [2.45, 2.75) is 4.90 Å². The fourth-order valence-electron chi connectivity index (χ4n) is 1.77. The molecule has 0 saturated carbocycles. The first-order chi connectivity index (χ1) is 9.81. The quantitative estimate of drug-likeness (QED) is 0.746. The number of nitrogens with one attached hydrogen (secondary N) is 1. The van der Waals surface area contributed by atoms with E-state index in [2.05, 4.69) is 5.32 Å². The number of anilines is 3. The largest absolute Gasteiger partial charge is 0.497 e. The molecule has 0 radical (unpaired) electrons. The highest BCUT2D eigenvalue weighted by Crippen LogP contribution is 2.27. The normalized spacial score (nSPS) is 11.2. The van der Waals surface area contributed by atoms with E-state index >= 15 is 0 Å². The van der Waals surface area contributed by atoms with Crippen molar-refractivity contribution in [2.24, 2.45) is 5.14 Å². The van der Waals surface area contributed by atoms with Crippen molar-refractivity contribution in [3.8, 4) is 5.75 Å². The second-order valence-corrected chi connectivity index (χ2v) is 5.80. The minimum absolute atomic E-state index is 0.0224. The average molecular weight is 311 g/mol. The molecule has 0 unspecified atom stereocenters. The Hall–Kier alpha value is -2.32. The van der Waals surface area contributed by atoms with Gasteiger partial charge in [0.25, 0.3) is 0 Å². The molecule has 0 fully saturated rings. The lowest BCUT2D eigenvalue weighted by atomic mass is 10.2. The van der Waals surface area contributed by atoms with Gasteiger partial charge < -0.3 is 15.8 Å². The summed E-state index contributed by atoms with van der Waals surface area (Å²) in [6, 6.07) is 8.26. The van der Waals surface area contributed by atoms with Crippen LogP contribution in [0.25, 0.3) is 0 Å². The molecule has 21 heavy (non-hydrogen) atoms. The van der Waals surface area contributed by atoms with Gasteiger partial charge in [-0.05, 0) is 30.3 Å². The first kappa shape index (κ1) is 15.1. The maximum absolute atomic E-state index is 13.7. The first-order valence-electron chi connectivity index (χ1n) is 5.84. The smallest absolute Gasteiger partial charge is 0.240 e. The molecule has 0 aliphatic carbocycles. The Morgan fingerprint density at radius 1 is 1.19 bits per heavy atom. The highest BCUT2D eigenvalue weighted by molar-refractivity contribution is 7.89. The van der Waals surface area contributed by atoms with Gasteiger partial charge in [0, 0.05) is 11.8 Å². The van der Waals surface area contributed by atoms with Crippen LogP contribution in [-0.4, -0.2) is 15.5 Å². The van der Waals surface area contributed by atoms with Crippen molar-refractivity contribution < 1.29 is 17.5 Å². The van der Waals surface area contributed by atoms with Gasteiger partial charge in [-0.15, -0.1) is 0 Å². The van der Waals surface area contributed by atoms with E-state index in [1.54, 1.807) is 0 Å². The van der Waals surface area contributed by atoms with Crippen molar-refractivity contribution in [3.05, 3.63) is 42.2 Å². The van der Waals surface area contributed by atoms with E-state index in [9.17, 15) is 12.8 Å². The second kappa shape index (κ2) is 5.58. The molecular weight excluding hydrogens is 297 g/mol. The highest BCUT2D eigenvalue weighted by Gasteiger charge is 2.13. The van der Waals surface area contributed by atoms with Gasteiger partial charge in [0.05, 0.1) is 18.5 Å². The maximum atomic E-state index is 13.7. The van der Waals surface area contributed by atoms with Crippen LogP contribution in [0.1, 0.15) is 0 Å². The number of primary sulfonamides is 1. The molecule has 112 valence electrons. The highest BCUT2D eigenvalue weighted by atomic mass is 32.2. The molecule has 0 bridgehead atoms. The van der Waals surface area contributed by atoms with E-state index < -0.39 is 15.8 Å². The summed E-state index contributed by atoms with van der Waals surface area (Å²) in [5, 5.41) is 7.81. The molecule has 0 saturated heterocycles. The second-order valence-electron chi connectivity index (χ2n) is 4.27. The van der Waals surface area contributed by atoms with E-state index in [4.69, 9.17) is 15.6 Å². The molecule has 2 aromatic carbocycles. The van der Waals surface area contributed by atoms with E-state index in [0.717, 1.165) is 0 Å². The summed E-state index contributed by atoms with van der Waals surface area (Å²) in [4.78, 5) is -0.181. The van der Waals surface area contributed by atoms with Crippen LogP contribution in [0, 0.1) is 5.82 Å². The summed E-state index contributed by atoms with van der Waals surface area (Å²) in [5.74, 6) is -0.00192. The zero-order valence-corrected chi connectivity index (χ0v) is 11.9. The van der Waals surface area contributed by atoms with Gasteiger partial charge >= 0.3 is 0 Å². The summed E-state index contributed by atoms with van der Waals surface area (Å²) in [6.07, 6.45) is 0. The molecule has 0 amide bonds. The molecule has 6 nitrogen and oxygen atoms in total. The number of nitrogen functional groups attached to an aromatic ring is 1. The van der Waals surface area contributed by atoms with Crippen LogP contribution < -0.4 is 20.9 Å². The topological polar surface area (TPSA) is 107 Å². The van der Waals surface area contributed by atoms with Crippen LogP contribution in [0.4, 0.5) is 21.5 Å². The third-order valence-corrected chi connectivity index (χ3v) is 3.75. The fourth-order valence-corrected chi connectivity index (χ4v) is 2.41. The Morgan fingerprint density at radius 3 is 2.48 bits per heavy atom. The maximum Gasteiger partial charge on any atom is 0.240 e. The van der Waals surface area contributed by atoms with Crippen LogP contribution in [0.3, 0.4) is 0 Å². The van der Waals surface area contributed by atoms with Crippen molar-refractivity contribution >= 4 is 27.1 Å². The number of rotatable bonds is 4. The van der Waals surface area contributed by atoms with Crippen molar-refractivity contribution in [1.82, 2.24) is 0 Å². The number of benzene rings is 2. The summed E-state index contributed by atoms with van der Waals surface area (Å²) < 4.78 is 41.2. The minimum Gasteiger partial charge on any atom is -0.497 e. The summed E-state index contributed by atoms with van der Waals surface area (Å²) in [6.45, 7) is 0. The lowest BCUT2D eigenvalue weighted by Crippen LogP contribution is -2.14. The van der Waals surface area contributed by atoms with Gasteiger partial charge in [-0.1, -0.05) is 0 Å². The summed E-state index contributed by atoms with van der Waals surface area (Å²) >= 11 is 0. The zero-order valence-electron chi connectivity index (χ0n) is 11.1. The first-order valence-corrected chi connectivity index (χ1v) is 7.39. The van der Waals surface area contributed by atoms with Crippen LogP contribution in [0.15, 0.2) is 41.3 Å². The third kappa shape index (κ3) is 3.41. The summed E-state index contributed by atoms with van der Waals surface area (Å²) in [7, 11) is -2.42. The molecule has 2 rings (SSSR count). The third-order valence-electron chi connectivity index (χ3n) is 2.77. The van der Waals surface area contributed by atoms with Crippen LogP contribution >= 0.6 is 0 Å². The van der Waals surface area contributed by atoms with E-state index in [-0.39, 0.29) is 16.3 Å². The molecule has 2 aromatic rings. The molecule has 5 N–H and O–H groups in total. The average Bonchev–Trinajstić information content (AvgIpc) is 2.40. The molecule has 0 aliphatic rings. The molecule has 0 heterocycles. The number of sulfonamides is 1. The number of nitrogens with two attached hydrogens (primary N) is 2. The van der Waals surface area contributed by atoms with Crippen LogP contribution in [0.2, 0.25) is 0 Å². The number of hydrogen-bond acceptors (Lipinski definition) is 5. The SMILES string of the molecule is COc1ccc(F)c(Nc2ccc(S(N)(=O)=O)c(N)c2)c1. The van der Waals surface area contributed by atoms with Gasteiger partial charge in [0.15, 0.2) is 0 Å². The predicted molar refractivity (Wildman–Crippen MR) is 78.5 cm³/mol. The van der Waals surface area contributed by atoms with E-state index in [0.29, 0.717) is 11.4 Å². The Labute approximate surface area is 121 Å². The minimum atomic E-state index is -3.89. The van der Waals surface area contributed by atoms with Crippen molar-refractivity contribution in [1.29, 1.82) is 0 Å². The molecule has 8 heteroatoms. The number of methoxy groups -OCH3 is 1. The van der Waals surface area contributed by atoms with Gasteiger partial charge in [-0.25, -0.2) is 17.9 Å². The number of ether oxygens (including phenoxy) is 1. The number of hydrogen-bond donors (Lipinski definition) is 3. The zero-order chi connectivity index (χ0) is 15.6. The Kier molecular flexibility index (Phi) is 4.01. The van der Waals surface area contributed by atoms with Gasteiger partial charge in [0.2, 0.25) is 10.0 Å². The van der Waals surface area contributed by atoms with E-state index in [1.165, 1.54) is 43.5 Å². The molecular formula is C13H14FN3O3S. The molecule has 0 aromatic heterocycles. The Bertz CT molecular complexity index is 778. The standard InChI is InChI=1S/C13H14FN3O3S/c1-20-9-3-4-10(14)12(7-9)17-8-2-5-13(11(15)6-8)21(16,18)19/h2-7,17H,15H2,1H3,(H2,16,18,19). The lowest BCUT2D eigenvalue weighted by molar-refractivity contribution is 0.414. The van der Waals surface area contributed by atoms with Gasteiger partial charge in [0.1, 0.15) is 16.5 Å². The lowest BCUT2D eigenvalue weighted by Gasteiger charge is -2.11. The van der Waals surface area contributed by atoms with Crippen molar-refractivity contribution in [2.75, 3.05) is 18.2 Å². The monoisotopic (exact) mass is 311 g/mol. The van der Waals surface area contributed by atoms with Gasteiger partial charge in [-0.2, -0.15) is 0 Å². The molecule has 0 spiro atoms. The molecule has 0 aliphatic heterocycles. The predicted octanol–water partition coefficient (Wildman–Crippen LogP) is 1.81. The van der Waals surface area contributed by atoms with Gasteiger partial charge in [-0.3, -0.25) is 0 Å². The number of halogens is 1.